The van der Waals surface area contributed by atoms with Crippen molar-refractivity contribution in [1.29, 1.82) is 0 Å². The first kappa shape index (κ1) is 17.4. The summed E-state index contributed by atoms with van der Waals surface area (Å²) in [5, 5.41) is 8.35. The fraction of sp³-hybridized carbons (Fsp3) is 0.125. The Hall–Kier alpha value is -3.40. The zero-order chi connectivity index (χ0) is 18.5. The van der Waals surface area contributed by atoms with Crippen LogP contribution in [0, 0.1) is 0 Å². The number of primary amides is 1. The normalized spacial score (nSPS) is 11.7. The number of nitrogens with one attached hydrogen (secondary N) is 1. The molecule has 26 heavy (non-hydrogen) atoms. The number of ketones is 1. The molecule has 3 rings (SSSR count). The minimum absolute atomic E-state index is 0.113. The number of nitrogens with zero attached hydrogens (tertiary/aromatic N) is 4. The van der Waals surface area contributed by atoms with E-state index in [-0.39, 0.29) is 12.1 Å². The number of carbonyl (C=O) groups excluding carboxylic acids is 3. The molecule has 0 fully saturated rings. The molecule has 0 aromatic carbocycles. The maximum atomic E-state index is 12.6. The fourth-order valence-corrected chi connectivity index (χ4v) is 2.86. The van der Waals surface area contributed by atoms with Gasteiger partial charge in [-0.05, 0) is 35.3 Å². The van der Waals surface area contributed by atoms with Crippen molar-refractivity contribution in [3.8, 4) is 5.82 Å². The average molecular weight is 370 g/mol. The van der Waals surface area contributed by atoms with Gasteiger partial charge in [0, 0.05) is 24.2 Å². The van der Waals surface area contributed by atoms with E-state index in [2.05, 4.69) is 19.8 Å². The number of rotatable bonds is 7. The minimum Gasteiger partial charge on any atom is -0.363 e. The zero-order valence-electron chi connectivity index (χ0n) is 13.4. The highest BCUT2D eigenvalue weighted by molar-refractivity contribution is 7.03. The predicted octanol–water partition coefficient (Wildman–Crippen LogP) is 0.119. The number of nitrogens with two attached hydrogens (primary N) is 1. The number of hydrogen-bond acceptors (Lipinski definition) is 7. The van der Waals surface area contributed by atoms with Crippen LogP contribution in [0.2, 0.25) is 0 Å². The Morgan fingerprint density at radius 2 is 2.08 bits per heavy atom. The van der Waals surface area contributed by atoms with E-state index in [0.717, 1.165) is 0 Å². The van der Waals surface area contributed by atoms with E-state index in [1.807, 2.05) is 0 Å². The average Bonchev–Trinajstić information content (AvgIpc) is 3.32. The van der Waals surface area contributed by atoms with Crippen molar-refractivity contribution in [2.24, 2.45) is 5.73 Å². The summed E-state index contributed by atoms with van der Waals surface area (Å²) in [6.07, 6.45) is 4.69. The van der Waals surface area contributed by atoms with Crippen LogP contribution in [-0.2, 0) is 16.0 Å². The van der Waals surface area contributed by atoms with Gasteiger partial charge in [0.05, 0.1) is 6.20 Å². The molecular formula is C16H14N6O3S. The Labute approximate surface area is 152 Å². The quantitative estimate of drug-likeness (QED) is 0.568. The van der Waals surface area contributed by atoms with Crippen LogP contribution < -0.4 is 11.1 Å². The van der Waals surface area contributed by atoms with Gasteiger partial charge >= 0.3 is 0 Å². The minimum atomic E-state index is -1.11. The monoisotopic (exact) mass is 370 g/mol. The van der Waals surface area contributed by atoms with E-state index >= 15 is 0 Å². The Balaban J connectivity index is 1.83. The predicted molar refractivity (Wildman–Crippen MR) is 92.6 cm³/mol. The smallest absolute Gasteiger partial charge is 0.287 e. The number of amides is 2. The van der Waals surface area contributed by atoms with Crippen LogP contribution in [0.1, 0.15) is 16.1 Å². The molecule has 10 heteroatoms. The summed E-state index contributed by atoms with van der Waals surface area (Å²) in [7, 11) is 0. The van der Waals surface area contributed by atoms with Gasteiger partial charge in [0.25, 0.3) is 11.8 Å². The lowest BCUT2D eigenvalue weighted by Crippen LogP contribution is -2.47. The maximum Gasteiger partial charge on any atom is 0.287 e. The van der Waals surface area contributed by atoms with Gasteiger partial charge < -0.3 is 11.1 Å². The highest BCUT2D eigenvalue weighted by atomic mass is 32.1. The molecule has 2 amide bonds. The van der Waals surface area contributed by atoms with Crippen LogP contribution in [0.25, 0.3) is 5.82 Å². The van der Waals surface area contributed by atoms with Gasteiger partial charge in [-0.3, -0.25) is 14.4 Å². The van der Waals surface area contributed by atoms with Gasteiger partial charge in [-0.1, -0.05) is 6.07 Å². The van der Waals surface area contributed by atoms with E-state index in [0.29, 0.717) is 11.4 Å². The van der Waals surface area contributed by atoms with Crippen LogP contribution in [0.4, 0.5) is 0 Å². The van der Waals surface area contributed by atoms with Crippen LogP contribution >= 0.6 is 11.5 Å². The first-order valence-corrected chi connectivity index (χ1v) is 8.38. The molecule has 0 saturated carbocycles. The van der Waals surface area contributed by atoms with Crippen molar-refractivity contribution in [3.63, 3.8) is 0 Å². The summed E-state index contributed by atoms with van der Waals surface area (Å²) in [5.41, 5.74) is 5.99. The van der Waals surface area contributed by atoms with E-state index in [9.17, 15) is 14.4 Å². The Bertz CT molecular complexity index is 923. The fourth-order valence-electron chi connectivity index (χ4n) is 2.31. The second kappa shape index (κ2) is 7.66. The molecule has 1 atom stereocenters. The standard InChI is InChI=1S/C16H14N6O3S/c17-15(24)14(23)11(7-10-8-20-26-9-10)21-16(25)12-4-6-19-22(12)13-3-1-2-5-18-13/h1-6,8-9,11H,7H2,(H2,17,24)(H,21,25). The second-order valence-corrected chi connectivity index (χ2v) is 5.96. The topological polar surface area (TPSA) is 133 Å². The zero-order valence-corrected chi connectivity index (χ0v) is 14.2. The molecule has 132 valence electrons. The van der Waals surface area contributed by atoms with Crippen LogP contribution in [0.3, 0.4) is 0 Å². The van der Waals surface area contributed by atoms with Crippen LogP contribution in [0.15, 0.2) is 48.2 Å². The highest BCUT2D eigenvalue weighted by Gasteiger charge is 2.27. The molecule has 0 radical (unpaired) electrons. The molecule has 0 spiro atoms. The SMILES string of the molecule is NC(=O)C(=O)C(Cc1cnsc1)NC(=O)c1ccnn1-c1ccccn1. The van der Waals surface area contributed by atoms with E-state index in [4.69, 9.17) is 5.73 Å². The summed E-state index contributed by atoms with van der Waals surface area (Å²) in [5.74, 6) is -2.12. The lowest BCUT2D eigenvalue weighted by Gasteiger charge is -2.16. The Morgan fingerprint density at radius 3 is 2.73 bits per heavy atom. The van der Waals surface area contributed by atoms with E-state index in [1.165, 1.54) is 28.5 Å². The summed E-state index contributed by atoms with van der Waals surface area (Å²) >= 11 is 1.21. The molecule has 3 aromatic heterocycles. The van der Waals surface area contributed by atoms with Crippen molar-refractivity contribution >= 4 is 29.1 Å². The largest absolute Gasteiger partial charge is 0.363 e. The number of Topliss-reactive ketones (excluding diaryl/α,β-unsaturated/α-hetero) is 1. The van der Waals surface area contributed by atoms with Crippen molar-refractivity contribution in [3.05, 3.63) is 59.5 Å². The molecular weight excluding hydrogens is 356 g/mol. The van der Waals surface area contributed by atoms with Gasteiger partial charge in [-0.2, -0.15) is 5.10 Å². The molecule has 3 aromatic rings. The molecule has 0 aliphatic heterocycles. The van der Waals surface area contributed by atoms with Crippen molar-refractivity contribution in [2.75, 3.05) is 0 Å². The van der Waals surface area contributed by atoms with Gasteiger partial charge in [-0.15, -0.1) is 0 Å². The lowest BCUT2D eigenvalue weighted by molar-refractivity contribution is -0.137. The number of carbonyl (C=O) groups is 3. The number of hydrogen-bond donors (Lipinski definition) is 2. The van der Waals surface area contributed by atoms with E-state index in [1.54, 1.807) is 36.0 Å². The Morgan fingerprint density at radius 1 is 1.23 bits per heavy atom. The molecule has 3 N–H and O–H groups in total. The van der Waals surface area contributed by atoms with Crippen molar-refractivity contribution in [2.45, 2.75) is 12.5 Å². The van der Waals surface area contributed by atoms with Crippen LogP contribution in [0.5, 0.6) is 0 Å². The first-order chi connectivity index (χ1) is 12.6. The highest BCUT2D eigenvalue weighted by Crippen LogP contribution is 2.10. The maximum absolute atomic E-state index is 12.6. The molecule has 9 nitrogen and oxygen atoms in total. The second-order valence-electron chi connectivity index (χ2n) is 5.31. The molecule has 1 unspecified atom stereocenters. The lowest BCUT2D eigenvalue weighted by atomic mass is 10.0. The molecule has 0 aliphatic rings. The molecule has 0 aliphatic carbocycles. The Kier molecular flexibility index (Phi) is 5.13. The van der Waals surface area contributed by atoms with E-state index < -0.39 is 23.6 Å². The third-order valence-electron chi connectivity index (χ3n) is 3.53. The summed E-state index contributed by atoms with van der Waals surface area (Å²) in [4.78, 5) is 40.2. The summed E-state index contributed by atoms with van der Waals surface area (Å²) in [6.45, 7) is 0. The van der Waals surface area contributed by atoms with Gasteiger partial charge in [0.15, 0.2) is 5.82 Å². The summed E-state index contributed by atoms with van der Waals surface area (Å²) in [6, 6.07) is 5.58. The number of aromatic nitrogens is 4. The third-order valence-corrected chi connectivity index (χ3v) is 4.16. The molecule has 0 saturated heterocycles. The summed E-state index contributed by atoms with van der Waals surface area (Å²) < 4.78 is 5.28. The van der Waals surface area contributed by atoms with Gasteiger partial charge in [0.1, 0.15) is 11.7 Å². The van der Waals surface area contributed by atoms with Gasteiger partial charge in [0.2, 0.25) is 5.78 Å². The third kappa shape index (κ3) is 3.81. The van der Waals surface area contributed by atoms with Crippen LogP contribution in [-0.4, -0.2) is 42.8 Å². The molecule has 3 heterocycles. The van der Waals surface area contributed by atoms with Crippen molar-refractivity contribution < 1.29 is 14.4 Å². The van der Waals surface area contributed by atoms with Gasteiger partial charge in [-0.25, -0.2) is 14.0 Å². The van der Waals surface area contributed by atoms with Crippen molar-refractivity contribution in [1.82, 2.24) is 24.5 Å². The molecule has 0 bridgehead atoms. The number of pyridine rings is 1. The first-order valence-electron chi connectivity index (χ1n) is 7.54.